The minimum absolute atomic E-state index is 0.120. The zero-order valence-corrected chi connectivity index (χ0v) is 39.2. The fourth-order valence-electron chi connectivity index (χ4n) is 7.40. The third-order valence-corrected chi connectivity index (χ3v) is 11.2. The summed E-state index contributed by atoms with van der Waals surface area (Å²) in [6, 6.07) is 42.9. The maximum atomic E-state index is 13.6. The number of pyridine rings is 2. The zero-order valence-electron chi connectivity index (χ0n) is 39.2. The van der Waals surface area contributed by atoms with E-state index in [9.17, 15) is 19.2 Å². The van der Waals surface area contributed by atoms with Gasteiger partial charge in [-0.1, -0.05) is 60.7 Å². The Balaban J connectivity index is 0.000000206. The molecule has 0 saturated carbocycles. The lowest BCUT2D eigenvalue weighted by molar-refractivity contribution is 0.414. The van der Waals surface area contributed by atoms with Gasteiger partial charge in [0, 0.05) is 23.5 Å². The second-order valence-corrected chi connectivity index (χ2v) is 15.9. The van der Waals surface area contributed by atoms with Crippen molar-refractivity contribution in [2.24, 2.45) is 0 Å². The predicted molar refractivity (Wildman–Crippen MR) is 269 cm³/mol. The fraction of sp³-hybridized carbons (Fsp3) is 0.185. The van der Waals surface area contributed by atoms with Crippen molar-refractivity contribution in [2.75, 3.05) is 39.9 Å². The van der Waals surface area contributed by atoms with Crippen LogP contribution >= 0.6 is 0 Å². The molecule has 0 atom stereocenters. The lowest BCUT2D eigenvalue weighted by atomic mass is 10.1. The minimum Gasteiger partial charge on any atom is -0.497 e. The Morgan fingerprint density at radius 2 is 0.843 bits per heavy atom. The summed E-state index contributed by atoms with van der Waals surface area (Å²) in [5.41, 5.74) is 15.5. The van der Waals surface area contributed by atoms with E-state index in [1.54, 1.807) is 75.5 Å². The van der Waals surface area contributed by atoms with Crippen LogP contribution in [0.25, 0.3) is 0 Å². The number of aromatic nitrogens is 6. The Kier molecular flexibility index (Phi) is 16.1. The number of nitrogens with zero attached hydrogens (tertiary/aromatic N) is 6. The number of hydrogen-bond acceptors (Lipinski definition) is 12. The second-order valence-electron chi connectivity index (χ2n) is 15.9. The molecule has 0 amide bonds. The summed E-state index contributed by atoms with van der Waals surface area (Å²) in [7, 11) is 6.37. The van der Waals surface area contributed by atoms with Gasteiger partial charge in [-0.3, -0.25) is 27.9 Å². The number of hydrogen-bond donors (Lipinski definition) is 2. The summed E-state index contributed by atoms with van der Waals surface area (Å²) < 4.78 is 26.4. The molecule has 0 spiro atoms. The van der Waals surface area contributed by atoms with Crippen LogP contribution < -0.4 is 52.9 Å². The normalized spacial score (nSPS) is 10.6. The van der Waals surface area contributed by atoms with E-state index in [0.717, 1.165) is 33.7 Å². The average Bonchev–Trinajstić information content (AvgIpc) is 3.38. The first-order valence-corrected chi connectivity index (χ1v) is 22.1. The Morgan fingerprint density at radius 3 is 1.29 bits per heavy atom. The van der Waals surface area contributed by atoms with Gasteiger partial charge in [0.25, 0.3) is 11.1 Å². The molecular formula is C54H52N8O8. The summed E-state index contributed by atoms with van der Waals surface area (Å²) in [5, 5.41) is 0. The molecule has 8 rings (SSSR count). The van der Waals surface area contributed by atoms with E-state index in [2.05, 4.69) is 21.8 Å². The van der Waals surface area contributed by atoms with Crippen molar-refractivity contribution in [3.63, 3.8) is 0 Å². The molecule has 0 radical (unpaired) electrons. The molecule has 0 bridgehead atoms. The van der Waals surface area contributed by atoms with Crippen molar-refractivity contribution < 1.29 is 18.9 Å². The third kappa shape index (κ3) is 12.7. The number of methoxy groups -OCH3 is 4. The van der Waals surface area contributed by atoms with E-state index in [0.29, 0.717) is 59.7 Å². The van der Waals surface area contributed by atoms with Gasteiger partial charge >= 0.3 is 11.4 Å². The van der Waals surface area contributed by atoms with Crippen molar-refractivity contribution in [3.8, 4) is 34.8 Å². The van der Waals surface area contributed by atoms with Crippen LogP contribution in [-0.4, -0.2) is 56.7 Å². The van der Waals surface area contributed by atoms with Crippen LogP contribution in [0.5, 0.6) is 23.0 Å². The van der Waals surface area contributed by atoms with Crippen molar-refractivity contribution >= 4 is 11.6 Å². The average molecular weight is 941 g/mol. The van der Waals surface area contributed by atoms with E-state index >= 15 is 0 Å². The van der Waals surface area contributed by atoms with Gasteiger partial charge in [0.05, 0.1) is 54.6 Å². The summed E-state index contributed by atoms with van der Waals surface area (Å²) >= 11 is 0. The van der Waals surface area contributed by atoms with Gasteiger partial charge in [-0.2, -0.15) is 0 Å². The number of nitrogens with two attached hydrogens (primary N) is 2. The SMILES string of the molecule is COc1ccc(Cn2c(C#Cc3cccc(N)n3)cc(=O)n(Cc3ccc(OC)cc3)c2=O)cc1.COc1ccc(Cn2c(CCc3cccc(N)n3)cc(=O)n(Cc3ccc(OC)cc3)c2=O)cc1. The highest BCUT2D eigenvalue weighted by Gasteiger charge is 2.15. The molecule has 356 valence electrons. The summed E-state index contributed by atoms with van der Waals surface area (Å²) in [6.45, 7) is 0.835. The van der Waals surface area contributed by atoms with Gasteiger partial charge < -0.3 is 30.4 Å². The van der Waals surface area contributed by atoms with Crippen molar-refractivity contribution in [3.05, 3.63) is 232 Å². The highest BCUT2D eigenvalue weighted by molar-refractivity contribution is 5.41. The number of benzene rings is 4. The Hall–Kier alpha value is -9.10. The molecule has 70 heavy (non-hydrogen) atoms. The first-order valence-electron chi connectivity index (χ1n) is 22.1. The van der Waals surface area contributed by atoms with E-state index < -0.39 is 11.2 Å². The maximum Gasteiger partial charge on any atom is 0.332 e. The quantitative estimate of drug-likeness (QED) is 0.124. The van der Waals surface area contributed by atoms with Gasteiger partial charge in [0.15, 0.2) is 0 Å². The molecule has 4 heterocycles. The number of anilines is 2. The van der Waals surface area contributed by atoms with Crippen LogP contribution in [0.4, 0.5) is 11.6 Å². The molecule has 0 fully saturated rings. The third-order valence-electron chi connectivity index (χ3n) is 11.2. The van der Waals surface area contributed by atoms with Crippen LogP contribution in [0.15, 0.2) is 165 Å². The molecule has 0 aliphatic carbocycles. The summed E-state index contributed by atoms with van der Waals surface area (Å²) in [6.07, 6.45) is 1.02. The first-order chi connectivity index (χ1) is 33.9. The van der Waals surface area contributed by atoms with Crippen LogP contribution in [0.1, 0.15) is 45.0 Å². The lowest BCUT2D eigenvalue weighted by Crippen LogP contribution is -2.41. The second kappa shape index (κ2) is 23.1. The van der Waals surface area contributed by atoms with E-state index in [1.807, 2.05) is 97.1 Å². The highest BCUT2D eigenvalue weighted by atomic mass is 16.5. The molecular weight excluding hydrogens is 889 g/mol. The zero-order chi connectivity index (χ0) is 49.6. The molecule has 4 aromatic heterocycles. The largest absolute Gasteiger partial charge is 0.497 e. The van der Waals surface area contributed by atoms with Crippen molar-refractivity contribution in [2.45, 2.75) is 39.0 Å². The predicted octanol–water partition coefficient (Wildman–Crippen LogP) is 5.39. The van der Waals surface area contributed by atoms with Crippen LogP contribution in [0, 0.1) is 11.8 Å². The molecule has 0 unspecified atom stereocenters. The maximum absolute atomic E-state index is 13.6. The van der Waals surface area contributed by atoms with Gasteiger partial charge in [-0.25, -0.2) is 19.6 Å². The van der Waals surface area contributed by atoms with E-state index in [-0.39, 0.29) is 36.6 Å². The lowest BCUT2D eigenvalue weighted by Gasteiger charge is -2.16. The molecule has 16 nitrogen and oxygen atoms in total. The van der Waals surface area contributed by atoms with E-state index in [4.69, 9.17) is 30.4 Å². The standard InChI is InChI=1S/C27H28N4O4.C27H24N4O4/c2*1-34-23-12-6-19(7-13-23)17-30-22(11-10-21-4-3-5-25(28)29-21)16-26(32)31(27(30)33)18-20-8-14-24(35-2)15-9-20/h3-9,12-16H,10-11,17-18H2,1-2H3,(H2,28,29);3-9,12-16H,17-18H2,1-2H3,(H2,28,29). The number of rotatable bonds is 15. The minimum atomic E-state index is -0.464. The van der Waals surface area contributed by atoms with Gasteiger partial charge in [0.2, 0.25) is 0 Å². The molecule has 8 aromatic rings. The fourth-order valence-corrected chi connectivity index (χ4v) is 7.40. The smallest absolute Gasteiger partial charge is 0.332 e. The van der Waals surface area contributed by atoms with Crippen LogP contribution in [0.3, 0.4) is 0 Å². The van der Waals surface area contributed by atoms with Crippen LogP contribution in [0.2, 0.25) is 0 Å². The molecule has 0 aliphatic heterocycles. The van der Waals surface area contributed by atoms with E-state index in [1.165, 1.54) is 19.8 Å². The van der Waals surface area contributed by atoms with Gasteiger partial charge in [-0.05, 0) is 120 Å². The Bertz CT molecular complexity index is 3370. The topological polar surface area (TPSA) is 203 Å². The number of nitrogen functional groups attached to an aromatic ring is 2. The highest BCUT2D eigenvalue weighted by Crippen LogP contribution is 2.17. The van der Waals surface area contributed by atoms with Crippen molar-refractivity contribution in [1.29, 1.82) is 0 Å². The molecule has 4 aromatic carbocycles. The molecule has 0 saturated heterocycles. The van der Waals surface area contributed by atoms with Crippen molar-refractivity contribution in [1.82, 2.24) is 28.2 Å². The molecule has 4 N–H and O–H groups in total. The first kappa shape index (κ1) is 48.8. The summed E-state index contributed by atoms with van der Waals surface area (Å²) in [4.78, 5) is 61.5. The number of aryl methyl sites for hydroxylation is 2. The number of ether oxygens (including phenoxy) is 4. The Morgan fingerprint density at radius 1 is 0.443 bits per heavy atom. The monoisotopic (exact) mass is 940 g/mol. The molecule has 16 heteroatoms. The Labute approximate surface area is 403 Å². The van der Waals surface area contributed by atoms with Crippen LogP contribution in [-0.2, 0) is 39.0 Å². The molecule has 0 aliphatic rings. The summed E-state index contributed by atoms with van der Waals surface area (Å²) in [5.74, 6) is 9.45. The van der Waals surface area contributed by atoms with Gasteiger partial charge in [0.1, 0.15) is 46.0 Å². The van der Waals surface area contributed by atoms with Gasteiger partial charge in [-0.15, -0.1) is 0 Å².